The predicted molar refractivity (Wildman–Crippen MR) is 129 cm³/mol. The molecule has 0 saturated carbocycles. The van der Waals surface area contributed by atoms with Gasteiger partial charge in [-0.25, -0.2) is 0 Å². The van der Waals surface area contributed by atoms with E-state index in [1.165, 1.54) is 5.56 Å². The zero-order valence-electron chi connectivity index (χ0n) is 19.4. The van der Waals surface area contributed by atoms with E-state index in [0.29, 0.717) is 6.54 Å². The molecule has 176 valence electrons. The van der Waals surface area contributed by atoms with Crippen LogP contribution in [-0.2, 0) is 17.6 Å². The number of ether oxygens (including phenoxy) is 1. The van der Waals surface area contributed by atoms with Gasteiger partial charge < -0.3 is 19.2 Å². The molecular weight excluding hydrogens is 416 g/mol. The summed E-state index contributed by atoms with van der Waals surface area (Å²) in [5, 5.41) is 11.0. The molecule has 0 spiro atoms. The summed E-state index contributed by atoms with van der Waals surface area (Å²) in [4.78, 5) is 18.8. The molecule has 6 heteroatoms. The Morgan fingerprint density at radius 2 is 2.12 bits per heavy atom. The molecule has 0 aliphatic carbocycles. The van der Waals surface area contributed by atoms with Crippen molar-refractivity contribution in [2.75, 3.05) is 26.7 Å². The molecule has 4 rings (SSSR count). The number of hydrogen-bond donors (Lipinski definition) is 1. The van der Waals surface area contributed by atoms with Crippen LogP contribution in [0, 0.1) is 11.8 Å². The number of carbonyl (C=O) groups is 1. The van der Waals surface area contributed by atoms with E-state index in [1.807, 2.05) is 36.5 Å². The van der Waals surface area contributed by atoms with Gasteiger partial charge in [0.2, 0.25) is 0 Å². The van der Waals surface area contributed by atoms with Crippen LogP contribution in [0.25, 0.3) is 10.9 Å². The number of methoxy groups -OCH3 is 1. The number of likely N-dealkylation sites (tertiary alicyclic amines) is 1. The van der Waals surface area contributed by atoms with Gasteiger partial charge in [0.05, 0.1) is 24.8 Å². The first-order valence-electron chi connectivity index (χ1n) is 12.0. The monoisotopic (exact) mass is 450 g/mol. The largest absolute Gasteiger partial charge is 0.497 e. The number of unbranched alkanes of at least 4 members (excludes halogenated alkanes) is 1. The Labute approximate surface area is 195 Å². The Bertz CT molecular complexity index is 1030. The van der Waals surface area contributed by atoms with Crippen molar-refractivity contribution >= 4 is 16.9 Å². The first-order chi connectivity index (χ1) is 16.1. The van der Waals surface area contributed by atoms with Crippen molar-refractivity contribution in [3.63, 3.8) is 0 Å². The van der Waals surface area contributed by atoms with Crippen LogP contribution >= 0.6 is 0 Å². The van der Waals surface area contributed by atoms with Crippen LogP contribution in [0.3, 0.4) is 0 Å². The first kappa shape index (κ1) is 23.3. The maximum atomic E-state index is 12.0. The highest BCUT2D eigenvalue weighted by atomic mass is 16.5. The number of hydrogen-bond acceptors (Lipinski definition) is 5. The lowest BCUT2D eigenvalue weighted by Crippen LogP contribution is -2.44. The summed E-state index contributed by atoms with van der Waals surface area (Å²) >= 11 is 0. The number of carboxylic acids is 1. The molecule has 6 nitrogen and oxygen atoms in total. The fourth-order valence-electron chi connectivity index (χ4n) is 5.07. The lowest BCUT2D eigenvalue weighted by atomic mass is 9.81. The highest BCUT2D eigenvalue weighted by Gasteiger charge is 2.33. The Hall–Kier alpha value is -2.86. The fourth-order valence-corrected chi connectivity index (χ4v) is 5.07. The van der Waals surface area contributed by atoms with Crippen LogP contribution < -0.4 is 4.74 Å². The van der Waals surface area contributed by atoms with Crippen LogP contribution in [0.4, 0.5) is 0 Å². The van der Waals surface area contributed by atoms with E-state index >= 15 is 0 Å². The third-order valence-electron chi connectivity index (χ3n) is 6.94. The van der Waals surface area contributed by atoms with Crippen molar-refractivity contribution in [2.24, 2.45) is 11.8 Å². The van der Waals surface area contributed by atoms with Crippen LogP contribution in [0.5, 0.6) is 5.75 Å². The topological polar surface area (TPSA) is 75.8 Å². The third-order valence-corrected chi connectivity index (χ3v) is 6.94. The van der Waals surface area contributed by atoms with E-state index in [9.17, 15) is 9.90 Å². The molecule has 1 aliphatic heterocycles. The quantitative estimate of drug-likeness (QED) is 0.405. The molecule has 1 N–H and O–H groups in total. The number of aromatic nitrogens is 1. The molecule has 2 atom stereocenters. The number of carboxylic acid groups (broad SMARTS) is 1. The van der Waals surface area contributed by atoms with Gasteiger partial charge in [-0.05, 0) is 99.5 Å². The van der Waals surface area contributed by atoms with Crippen molar-refractivity contribution in [1.29, 1.82) is 0 Å². The SMILES string of the molecule is COc1ccc2nccc(CCCC3CCN(CCCCc4ccco4)CC3C(=O)O)c2c1. The maximum absolute atomic E-state index is 12.0. The molecular formula is C27H34N2O4. The molecule has 1 aromatic carbocycles. The van der Waals surface area contributed by atoms with Crippen LogP contribution in [-0.4, -0.2) is 47.7 Å². The van der Waals surface area contributed by atoms with Crippen LogP contribution in [0.15, 0.2) is 53.3 Å². The van der Waals surface area contributed by atoms with Gasteiger partial charge in [0.15, 0.2) is 0 Å². The van der Waals surface area contributed by atoms with Gasteiger partial charge in [-0.15, -0.1) is 0 Å². The minimum Gasteiger partial charge on any atom is -0.497 e. The fraction of sp³-hybridized carbons (Fsp3) is 0.481. The van der Waals surface area contributed by atoms with E-state index in [0.717, 1.165) is 80.4 Å². The maximum Gasteiger partial charge on any atom is 0.308 e. The van der Waals surface area contributed by atoms with Gasteiger partial charge in [0.25, 0.3) is 0 Å². The standard InChI is InChI=1S/C27H34N2O4/c1-32-23-10-11-26-24(18-23)20(12-14-28-26)6-4-7-21-13-16-29(19-25(21)27(30)31)15-3-2-8-22-9-5-17-33-22/h5,9-12,14,17-18,21,25H,2-4,6-8,13,15-16,19H2,1H3,(H,30,31). The first-order valence-corrected chi connectivity index (χ1v) is 12.0. The number of piperidine rings is 1. The van der Waals surface area contributed by atoms with Crippen LogP contribution in [0.1, 0.15) is 43.4 Å². The summed E-state index contributed by atoms with van der Waals surface area (Å²) in [5.74, 6) is 1.17. The molecule has 2 unspecified atom stereocenters. The number of benzene rings is 1. The Morgan fingerprint density at radius 1 is 1.21 bits per heavy atom. The van der Waals surface area contributed by atoms with Gasteiger partial charge in [0.1, 0.15) is 11.5 Å². The molecule has 1 fully saturated rings. The molecule has 3 aromatic rings. The molecule has 33 heavy (non-hydrogen) atoms. The molecule has 2 aromatic heterocycles. The summed E-state index contributed by atoms with van der Waals surface area (Å²) < 4.78 is 10.8. The van der Waals surface area contributed by atoms with Gasteiger partial charge in [-0.3, -0.25) is 9.78 Å². The molecule has 0 radical (unpaired) electrons. The molecule has 0 bridgehead atoms. The van der Waals surface area contributed by atoms with E-state index in [2.05, 4.69) is 16.0 Å². The minimum absolute atomic E-state index is 0.240. The lowest BCUT2D eigenvalue weighted by Gasteiger charge is -2.36. The second kappa shape index (κ2) is 11.3. The van der Waals surface area contributed by atoms with E-state index in [1.54, 1.807) is 13.4 Å². The van der Waals surface area contributed by atoms with E-state index < -0.39 is 5.97 Å². The summed E-state index contributed by atoms with van der Waals surface area (Å²) in [5.41, 5.74) is 2.22. The van der Waals surface area contributed by atoms with Gasteiger partial charge >= 0.3 is 5.97 Å². The second-order valence-corrected chi connectivity index (χ2v) is 9.08. The summed E-state index contributed by atoms with van der Waals surface area (Å²) in [7, 11) is 1.68. The minimum atomic E-state index is -0.653. The van der Waals surface area contributed by atoms with Crippen molar-refractivity contribution in [3.8, 4) is 5.75 Å². The predicted octanol–water partition coefficient (Wildman–Crippen LogP) is 5.20. The lowest BCUT2D eigenvalue weighted by molar-refractivity contribution is -0.146. The zero-order chi connectivity index (χ0) is 23.0. The molecule has 1 aliphatic rings. The number of aliphatic carboxylic acids is 1. The highest BCUT2D eigenvalue weighted by Crippen LogP contribution is 2.30. The van der Waals surface area contributed by atoms with Crippen molar-refractivity contribution < 1.29 is 19.1 Å². The summed E-state index contributed by atoms with van der Waals surface area (Å²) in [6.45, 7) is 2.61. The number of fused-ring (bicyclic) bond motifs is 1. The van der Waals surface area contributed by atoms with Gasteiger partial charge in [-0.2, -0.15) is 0 Å². The van der Waals surface area contributed by atoms with Gasteiger partial charge in [-0.1, -0.05) is 0 Å². The Balaban J connectivity index is 1.27. The van der Waals surface area contributed by atoms with E-state index in [-0.39, 0.29) is 11.8 Å². The molecule has 3 heterocycles. The summed E-state index contributed by atoms with van der Waals surface area (Å²) in [6, 6.07) is 12.0. The Kier molecular flexibility index (Phi) is 8.00. The Morgan fingerprint density at radius 3 is 2.91 bits per heavy atom. The number of rotatable bonds is 11. The second-order valence-electron chi connectivity index (χ2n) is 9.08. The smallest absolute Gasteiger partial charge is 0.308 e. The normalized spacial score (nSPS) is 19.1. The zero-order valence-corrected chi connectivity index (χ0v) is 19.4. The van der Waals surface area contributed by atoms with Crippen molar-refractivity contribution in [2.45, 2.75) is 44.9 Å². The number of pyridine rings is 1. The molecule has 0 amide bonds. The average Bonchev–Trinajstić information content (AvgIpc) is 3.36. The number of furan rings is 1. The average molecular weight is 451 g/mol. The number of aryl methyl sites for hydroxylation is 2. The molecule has 1 saturated heterocycles. The van der Waals surface area contributed by atoms with Gasteiger partial charge in [0, 0.05) is 24.5 Å². The highest BCUT2D eigenvalue weighted by molar-refractivity contribution is 5.83. The van der Waals surface area contributed by atoms with Crippen molar-refractivity contribution in [1.82, 2.24) is 9.88 Å². The van der Waals surface area contributed by atoms with E-state index in [4.69, 9.17) is 9.15 Å². The van der Waals surface area contributed by atoms with Crippen LogP contribution in [0.2, 0.25) is 0 Å². The third kappa shape index (κ3) is 6.14. The van der Waals surface area contributed by atoms with Crippen molar-refractivity contribution in [3.05, 3.63) is 60.2 Å². The summed E-state index contributed by atoms with van der Waals surface area (Å²) in [6.07, 6.45) is 10.4. The number of nitrogens with zero attached hydrogens (tertiary/aromatic N) is 2.